The minimum absolute atomic E-state index is 0.276. The molecule has 2 amide bonds. The van der Waals surface area contributed by atoms with Gasteiger partial charge in [0, 0.05) is 28.2 Å². The summed E-state index contributed by atoms with van der Waals surface area (Å²) >= 11 is 0. The summed E-state index contributed by atoms with van der Waals surface area (Å²) in [5.74, 6) is 0.567. The molecule has 3 aromatic rings. The van der Waals surface area contributed by atoms with Crippen molar-refractivity contribution in [3.63, 3.8) is 0 Å². The van der Waals surface area contributed by atoms with Gasteiger partial charge in [0.15, 0.2) is 0 Å². The number of nitrogens with two attached hydrogens (primary N) is 1. The number of nitrogens with one attached hydrogen (secondary N) is 2. The van der Waals surface area contributed by atoms with E-state index in [0.717, 1.165) is 11.4 Å². The molecule has 5 rings (SSSR count). The van der Waals surface area contributed by atoms with Gasteiger partial charge in [0.05, 0.1) is 0 Å². The Morgan fingerprint density at radius 2 is 1.03 bits per heavy atom. The van der Waals surface area contributed by atoms with Crippen molar-refractivity contribution in [2.24, 2.45) is 0 Å². The standard InChI is InChI=1S/C32H37N3O2/c33-28-18-26(31(36)34-29-15-7-13-24(20-29)22-9-3-1-4-10-22)17-27(19-28)32(37)35-30-16-8-14-25(21-30)23-11-5-2-6-12-23/h7-8,13-23H,1-6,9-12,33H2,(H,34,36)(H,35,37). The third-order valence-corrected chi connectivity index (χ3v) is 7.92. The van der Waals surface area contributed by atoms with E-state index < -0.39 is 0 Å². The van der Waals surface area contributed by atoms with Crippen LogP contribution >= 0.6 is 0 Å². The second-order valence-electron chi connectivity index (χ2n) is 10.7. The minimum Gasteiger partial charge on any atom is -0.399 e. The second kappa shape index (κ2) is 11.6. The van der Waals surface area contributed by atoms with Crippen molar-refractivity contribution in [1.82, 2.24) is 0 Å². The normalized spacial score (nSPS) is 16.8. The molecule has 0 aromatic heterocycles. The molecule has 2 aliphatic rings. The molecule has 0 radical (unpaired) electrons. The number of hydrogen-bond donors (Lipinski definition) is 3. The predicted molar refractivity (Wildman–Crippen MR) is 151 cm³/mol. The van der Waals surface area contributed by atoms with Crippen LogP contribution in [0.25, 0.3) is 0 Å². The molecule has 3 aromatic carbocycles. The van der Waals surface area contributed by atoms with Gasteiger partial charge in [-0.3, -0.25) is 9.59 Å². The van der Waals surface area contributed by atoms with Crippen molar-refractivity contribution in [2.75, 3.05) is 16.4 Å². The number of anilines is 3. The molecule has 2 fully saturated rings. The van der Waals surface area contributed by atoms with Crippen LogP contribution in [0.2, 0.25) is 0 Å². The quantitative estimate of drug-likeness (QED) is 0.304. The van der Waals surface area contributed by atoms with Crippen molar-refractivity contribution < 1.29 is 9.59 Å². The van der Waals surface area contributed by atoms with E-state index in [1.807, 2.05) is 24.3 Å². The van der Waals surface area contributed by atoms with Crippen molar-refractivity contribution in [1.29, 1.82) is 0 Å². The molecule has 0 aliphatic heterocycles. The Kier molecular flexibility index (Phi) is 7.88. The van der Waals surface area contributed by atoms with E-state index in [-0.39, 0.29) is 11.8 Å². The first-order valence-corrected chi connectivity index (χ1v) is 13.8. The topological polar surface area (TPSA) is 84.2 Å². The third kappa shape index (κ3) is 6.40. The van der Waals surface area contributed by atoms with Crippen LogP contribution in [0.1, 0.15) is 108 Å². The summed E-state index contributed by atoms with van der Waals surface area (Å²) in [7, 11) is 0. The Bertz CT molecular complexity index is 1160. The van der Waals surface area contributed by atoms with Crippen LogP contribution in [0, 0.1) is 0 Å². The zero-order chi connectivity index (χ0) is 25.6. The van der Waals surface area contributed by atoms with E-state index in [1.165, 1.54) is 75.3 Å². The SMILES string of the molecule is Nc1cc(C(=O)Nc2cccc(C3CCCCC3)c2)cc(C(=O)Nc2cccc(C3CCCCC3)c2)c1. The van der Waals surface area contributed by atoms with Gasteiger partial charge < -0.3 is 16.4 Å². The molecule has 4 N–H and O–H groups in total. The smallest absolute Gasteiger partial charge is 0.255 e. The van der Waals surface area contributed by atoms with E-state index in [9.17, 15) is 9.59 Å². The summed E-state index contributed by atoms with van der Waals surface area (Å²) in [4.78, 5) is 26.2. The molecular formula is C32H37N3O2. The fourth-order valence-corrected chi connectivity index (χ4v) is 5.93. The van der Waals surface area contributed by atoms with Crippen LogP contribution in [-0.2, 0) is 0 Å². The van der Waals surface area contributed by atoms with Crippen LogP contribution in [0.3, 0.4) is 0 Å². The molecule has 5 nitrogen and oxygen atoms in total. The van der Waals surface area contributed by atoms with Gasteiger partial charge in [-0.15, -0.1) is 0 Å². The molecule has 2 saturated carbocycles. The molecule has 0 spiro atoms. The number of carbonyl (C=O) groups excluding carboxylic acids is 2. The molecule has 192 valence electrons. The van der Waals surface area contributed by atoms with Gasteiger partial charge in [0.2, 0.25) is 0 Å². The van der Waals surface area contributed by atoms with E-state index in [4.69, 9.17) is 5.73 Å². The molecule has 0 bridgehead atoms. The van der Waals surface area contributed by atoms with E-state index in [2.05, 4.69) is 34.9 Å². The van der Waals surface area contributed by atoms with Crippen LogP contribution in [0.4, 0.5) is 17.1 Å². The molecule has 2 aliphatic carbocycles. The largest absolute Gasteiger partial charge is 0.399 e. The van der Waals surface area contributed by atoms with Crippen molar-refractivity contribution in [3.8, 4) is 0 Å². The highest BCUT2D eigenvalue weighted by atomic mass is 16.2. The Hall–Kier alpha value is -3.60. The summed E-state index contributed by atoms with van der Waals surface area (Å²) in [6.07, 6.45) is 12.5. The average Bonchev–Trinajstić information content (AvgIpc) is 2.94. The molecule has 5 heteroatoms. The average molecular weight is 496 g/mol. The highest BCUT2D eigenvalue weighted by Gasteiger charge is 2.18. The maximum atomic E-state index is 13.1. The van der Waals surface area contributed by atoms with Gasteiger partial charge in [0.1, 0.15) is 0 Å². The summed E-state index contributed by atoms with van der Waals surface area (Å²) in [5.41, 5.74) is 11.3. The van der Waals surface area contributed by atoms with E-state index in [1.54, 1.807) is 18.2 Å². The van der Waals surface area contributed by atoms with Crippen LogP contribution in [-0.4, -0.2) is 11.8 Å². The van der Waals surface area contributed by atoms with Gasteiger partial charge >= 0.3 is 0 Å². The fraction of sp³-hybridized carbons (Fsp3) is 0.375. The lowest BCUT2D eigenvalue weighted by Crippen LogP contribution is -2.17. The summed E-state index contributed by atoms with van der Waals surface area (Å²) in [5, 5.41) is 6.00. The lowest BCUT2D eigenvalue weighted by Gasteiger charge is -2.22. The fourth-order valence-electron chi connectivity index (χ4n) is 5.93. The van der Waals surface area contributed by atoms with Crippen LogP contribution in [0.15, 0.2) is 66.7 Å². The maximum Gasteiger partial charge on any atom is 0.255 e. The highest BCUT2D eigenvalue weighted by Crippen LogP contribution is 2.34. The summed E-state index contributed by atoms with van der Waals surface area (Å²) in [6, 6.07) is 21.1. The van der Waals surface area contributed by atoms with Crippen LogP contribution in [0.5, 0.6) is 0 Å². The summed E-state index contributed by atoms with van der Waals surface area (Å²) < 4.78 is 0. The number of amides is 2. The third-order valence-electron chi connectivity index (χ3n) is 7.92. The number of carbonyl (C=O) groups is 2. The van der Waals surface area contributed by atoms with E-state index >= 15 is 0 Å². The van der Waals surface area contributed by atoms with Gasteiger partial charge in [-0.2, -0.15) is 0 Å². The van der Waals surface area contributed by atoms with Crippen molar-refractivity contribution in [3.05, 3.63) is 89.0 Å². The number of rotatable bonds is 6. The van der Waals surface area contributed by atoms with Gasteiger partial charge in [-0.1, -0.05) is 62.8 Å². The zero-order valence-electron chi connectivity index (χ0n) is 21.5. The number of nitrogen functional groups attached to an aromatic ring is 1. The minimum atomic E-state index is -0.276. The first-order valence-electron chi connectivity index (χ1n) is 13.8. The molecule has 0 unspecified atom stereocenters. The number of benzene rings is 3. The molecule has 0 atom stereocenters. The first kappa shape index (κ1) is 25.1. The van der Waals surface area contributed by atoms with Crippen LogP contribution < -0.4 is 16.4 Å². The second-order valence-corrected chi connectivity index (χ2v) is 10.7. The first-order chi connectivity index (χ1) is 18.0. The Balaban J connectivity index is 1.28. The zero-order valence-corrected chi connectivity index (χ0v) is 21.5. The Labute approximate surface area is 219 Å². The van der Waals surface area contributed by atoms with E-state index in [0.29, 0.717) is 28.7 Å². The van der Waals surface area contributed by atoms with Gasteiger partial charge in [-0.05, 0) is 91.1 Å². The molecule has 37 heavy (non-hydrogen) atoms. The highest BCUT2D eigenvalue weighted by molar-refractivity contribution is 6.09. The van der Waals surface area contributed by atoms with Crippen molar-refractivity contribution >= 4 is 28.9 Å². The Morgan fingerprint density at radius 1 is 0.595 bits per heavy atom. The summed E-state index contributed by atoms with van der Waals surface area (Å²) in [6.45, 7) is 0. The lowest BCUT2D eigenvalue weighted by atomic mass is 9.84. The molecule has 0 saturated heterocycles. The Morgan fingerprint density at radius 3 is 1.46 bits per heavy atom. The monoisotopic (exact) mass is 495 g/mol. The van der Waals surface area contributed by atoms with Gasteiger partial charge in [0.25, 0.3) is 11.8 Å². The lowest BCUT2D eigenvalue weighted by molar-refractivity contribution is 0.102. The van der Waals surface area contributed by atoms with Crippen molar-refractivity contribution in [2.45, 2.75) is 76.0 Å². The molecular weight excluding hydrogens is 458 g/mol. The number of hydrogen-bond acceptors (Lipinski definition) is 3. The van der Waals surface area contributed by atoms with Gasteiger partial charge in [-0.25, -0.2) is 0 Å². The predicted octanol–water partition coefficient (Wildman–Crippen LogP) is 7.87. The maximum absolute atomic E-state index is 13.1. The molecule has 0 heterocycles.